The van der Waals surface area contributed by atoms with Gasteiger partial charge in [0, 0.05) is 18.5 Å². The minimum absolute atomic E-state index is 0.0207. The van der Waals surface area contributed by atoms with Gasteiger partial charge in [-0.05, 0) is 39.3 Å². The number of nitrogen functional groups attached to an aromatic ring is 1. The summed E-state index contributed by atoms with van der Waals surface area (Å²) in [6.45, 7) is 8.46. The molecule has 2 rings (SSSR count). The van der Waals surface area contributed by atoms with Gasteiger partial charge in [0.25, 0.3) is 0 Å². The van der Waals surface area contributed by atoms with Crippen molar-refractivity contribution in [3.63, 3.8) is 0 Å². The summed E-state index contributed by atoms with van der Waals surface area (Å²) in [6, 6.07) is 5.92. The average Bonchev–Trinajstić information content (AvgIpc) is 2.61. The summed E-state index contributed by atoms with van der Waals surface area (Å²) >= 11 is 0. The first-order chi connectivity index (χ1) is 9.28. The van der Waals surface area contributed by atoms with Crippen molar-refractivity contribution < 1.29 is 4.79 Å². The molecule has 0 unspecified atom stereocenters. The third kappa shape index (κ3) is 3.10. The molecule has 1 amide bonds. The maximum atomic E-state index is 11.9. The number of amides is 1. The number of carbonyl (C=O) groups excluding carboxylic acids is 1. The van der Waals surface area contributed by atoms with Gasteiger partial charge in [-0.25, -0.2) is 4.98 Å². The zero-order valence-corrected chi connectivity index (χ0v) is 12.5. The van der Waals surface area contributed by atoms with Gasteiger partial charge in [-0.2, -0.15) is 0 Å². The normalized spacial score (nSPS) is 11.8. The zero-order chi connectivity index (χ0) is 14.9. The Bertz CT molecular complexity index is 637. The molecule has 1 aromatic carbocycles. The van der Waals surface area contributed by atoms with Crippen LogP contribution in [0.5, 0.6) is 0 Å². The van der Waals surface area contributed by atoms with Crippen molar-refractivity contribution in [3.05, 3.63) is 23.8 Å². The molecule has 1 aromatic heterocycles. The van der Waals surface area contributed by atoms with E-state index in [4.69, 9.17) is 5.73 Å². The van der Waals surface area contributed by atoms with Crippen LogP contribution in [0, 0.1) is 6.92 Å². The smallest absolute Gasteiger partial charge is 0.222 e. The highest BCUT2D eigenvalue weighted by molar-refractivity contribution is 5.82. The van der Waals surface area contributed by atoms with Gasteiger partial charge in [0.05, 0.1) is 11.0 Å². The first-order valence-corrected chi connectivity index (χ1v) is 6.80. The molecule has 0 radical (unpaired) electrons. The van der Waals surface area contributed by atoms with E-state index in [2.05, 4.69) is 10.3 Å². The fourth-order valence-corrected chi connectivity index (χ4v) is 2.30. The van der Waals surface area contributed by atoms with Crippen LogP contribution in [0.15, 0.2) is 18.2 Å². The molecule has 0 aliphatic rings. The van der Waals surface area contributed by atoms with Crippen LogP contribution < -0.4 is 11.1 Å². The molecule has 0 saturated carbocycles. The standard InChI is InChI=1S/C15H22N4O/c1-10-6-5-7-11-13(10)19(14(16)17-11)9-8-12(20)18-15(2,3)4/h5-7H,8-9H2,1-4H3,(H2,16,17)(H,18,20). The van der Waals surface area contributed by atoms with Gasteiger partial charge >= 0.3 is 0 Å². The van der Waals surface area contributed by atoms with Crippen LogP contribution in [0.1, 0.15) is 32.8 Å². The molecule has 0 saturated heterocycles. The number of nitrogens with zero attached hydrogens (tertiary/aromatic N) is 2. The second kappa shape index (κ2) is 5.15. The molecule has 108 valence electrons. The maximum absolute atomic E-state index is 11.9. The van der Waals surface area contributed by atoms with Gasteiger partial charge in [-0.1, -0.05) is 12.1 Å². The summed E-state index contributed by atoms with van der Waals surface area (Å²) in [5.74, 6) is 0.477. The molecule has 0 aliphatic carbocycles. The zero-order valence-electron chi connectivity index (χ0n) is 12.5. The quantitative estimate of drug-likeness (QED) is 0.901. The molecule has 5 heteroatoms. The molecule has 0 atom stereocenters. The monoisotopic (exact) mass is 274 g/mol. The molecule has 5 nitrogen and oxygen atoms in total. The number of hydrogen-bond donors (Lipinski definition) is 2. The van der Waals surface area contributed by atoms with Crippen molar-refractivity contribution in [2.24, 2.45) is 0 Å². The van der Waals surface area contributed by atoms with Crippen LogP contribution in [0.2, 0.25) is 0 Å². The summed E-state index contributed by atoms with van der Waals surface area (Å²) < 4.78 is 1.91. The highest BCUT2D eigenvalue weighted by Crippen LogP contribution is 2.21. The van der Waals surface area contributed by atoms with E-state index >= 15 is 0 Å². The number of aryl methyl sites for hydroxylation is 2. The van der Waals surface area contributed by atoms with Gasteiger partial charge in [0.2, 0.25) is 11.9 Å². The number of rotatable bonds is 3. The van der Waals surface area contributed by atoms with E-state index in [1.807, 2.05) is 50.5 Å². The Morgan fingerprint density at radius 3 is 2.75 bits per heavy atom. The third-order valence-corrected chi connectivity index (χ3v) is 3.07. The SMILES string of the molecule is Cc1cccc2nc(N)n(CCC(=O)NC(C)(C)C)c12. The van der Waals surface area contributed by atoms with Crippen molar-refractivity contribution in [1.29, 1.82) is 0 Å². The van der Waals surface area contributed by atoms with E-state index < -0.39 is 0 Å². The number of nitrogens with one attached hydrogen (secondary N) is 1. The molecule has 20 heavy (non-hydrogen) atoms. The summed E-state index contributed by atoms with van der Waals surface area (Å²) in [6.07, 6.45) is 0.390. The van der Waals surface area contributed by atoms with E-state index in [0.717, 1.165) is 16.6 Å². The van der Waals surface area contributed by atoms with E-state index in [1.54, 1.807) is 0 Å². The Kier molecular flexibility index (Phi) is 3.70. The third-order valence-electron chi connectivity index (χ3n) is 3.07. The van der Waals surface area contributed by atoms with Crippen LogP contribution in [0.25, 0.3) is 11.0 Å². The predicted octanol–water partition coefficient (Wildman–Crippen LogP) is 2.23. The fourth-order valence-electron chi connectivity index (χ4n) is 2.30. The molecule has 0 bridgehead atoms. The number of imidazole rings is 1. The first-order valence-electron chi connectivity index (χ1n) is 6.80. The van der Waals surface area contributed by atoms with Crippen molar-refractivity contribution in [1.82, 2.24) is 14.9 Å². The van der Waals surface area contributed by atoms with Gasteiger partial charge in [-0.3, -0.25) is 4.79 Å². The Hall–Kier alpha value is -2.04. The van der Waals surface area contributed by atoms with Crippen molar-refractivity contribution in [2.45, 2.75) is 46.2 Å². The first kappa shape index (κ1) is 14.4. The topological polar surface area (TPSA) is 72.9 Å². The summed E-state index contributed by atoms with van der Waals surface area (Å²) in [7, 11) is 0. The Morgan fingerprint density at radius 2 is 2.10 bits per heavy atom. The van der Waals surface area contributed by atoms with E-state index in [1.165, 1.54) is 0 Å². The van der Waals surface area contributed by atoms with Gasteiger partial charge in [0.1, 0.15) is 0 Å². The number of fused-ring (bicyclic) bond motifs is 1. The summed E-state index contributed by atoms with van der Waals surface area (Å²) in [5, 5.41) is 2.95. The van der Waals surface area contributed by atoms with E-state index in [0.29, 0.717) is 18.9 Å². The molecule has 0 fully saturated rings. The lowest BCUT2D eigenvalue weighted by Crippen LogP contribution is -2.40. The number of hydrogen-bond acceptors (Lipinski definition) is 3. The maximum Gasteiger partial charge on any atom is 0.222 e. The van der Waals surface area contributed by atoms with Gasteiger partial charge in [0.15, 0.2) is 0 Å². The lowest BCUT2D eigenvalue weighted by molar-refractivity contribution is -0.122. The van der Waals surface area contributed by atoms with Gasteiger partial charge < -0.3 is 15.6 Å². The number of aromatic nitrogens is 2. The summed E-state index contributed by atoms with van der Waals surface area (Å²) in [5.41, 5.74) is 8.74. The molecular weight excluding hydrogens is 252 g/mol. The van der Waals surface area contributed by atoms with Crippen molar-refractivity contribution in [3.8, 4) is 0 Å². The fraction of sp³-hybridized carbons (Fsp3) is 0.467. The lowest BCUT2D eigenvalue weighted by atomic mass is 10.1. The Labute approximate surface area is 119 Å². The number of para-hydroxylation sites is 1. The average molecular weight is 274 g/mol. The van der Waals surface area contributed by atoms with Gasteiger partial charge in [-0.15, -0.1) is 0 Å². The van der Waals surface area contributed by atoms with Crippen LogP contribution in [0.4, 0.5) is 5.95 Å². The van der Waals surface area contributed by atoms with E-state index in [-0.39, 0.29) is 11.4 Å². The molecular formula is C15H22N4O. The number of benzene rings is 1. The summed E-state index contributed by atoms with van der Waals surface area (Å²) in [4.78, 5) is 16.2. The minimum atomic E-state index is -0.213. The second-order valence-corrected chi connectivity index (χ2v) is 6.11. The minimum Gasteiger partial charge on any atom is -0.369 e. The van der Waals surface area contributed by atoms with Crippen LogP contribution >= 0.6 is 0 Å². The molecule has 3 N–H and O–H groups in total. The molecule has 0 spiro atoms. The lowest BCUT2D eigenvalue weighted by Gasteiger charge is -2.20. The van der Waals surface area contributed by atoms with Crippen molar-refractivity contribution in [2.75, 3.05) is 5.73 Å². The van der Waals surface area contributed by atoms with Crippen LogP contribution in [-0.2, 0) is 11.3 Å². The Balaban J connectivity index is 2.18. The highest BCUT2D eigenvalue weighted by atomic mass is 16.1. The number of nitrogens with two attached hydrogens (primary N) is 1. The predicted molar refractivity (Wildman–Crippen MR) is 81.4 cm³/mol. The van der Waals surface area contributed by atoms with E-state index in [9.17, 15) is 4.79 Å². The number of carbonyl (C=O) groups is 1. The number of anilines is 1. The van der Waals surface area contributed by atoms with Crippen molar-refractivity contribution >= 4 is 22.9 Å². The largest absolute Gasteiger partial charge is 0.369 e. The molecule has 0 aliphatic heterocycles. The molecule has 2 aromatic rings. The van der Waals surface area contributed by atoms with Crippen LogP contribution in [0.3, 0.4) is 0 Å². The Morgan fingerprint density at radius 1 is 1.40 bits per heavy atom. The highest BCUT2D eigenvalue weighted by Gasteiger charge is 2.15. The van der Waals surface area contributed by atoms with Crippen LogP contribution in [-0.4, -0.2) is 21.0 Å². The second-order valence-electron chi connectivity index (χ2n) is 6.11. The molecule has 1 heterocycles.